The third-order valence-corrected chi connectivity index (χ3v) is 2.50. The molecule has 1 rings (SSSR count). The van der Waals surface area contributed by atoms with Crippen LogP contribution in [0.15, 0.2) is 23.9 Å². The predicted molar refractivity (Wildman–Crippen MR) is 83.8 cm³/mol. The number of ether oxygens (including phenoxy) is 1. The summed E-state index contributed by atoms with van der Waals surface area (Å²) in [4.78, 5) is 17.3. The van der Waals surface area contributed by atoms with Gasteiger partial charge in [-0.05, 0) is 41.3 Å². The number of carbonyl (C=O) groups is 1. The molecule has 0 N–H and O–H groups in total. The van der Waals surface area contributed by atoms with Crippen LogP contribution in [0.4, 0.5) is 0 Å². The van der Waals surface area contributed by atoms with Crippen LogP contribution in [0.5, 0.6) is 0 Å². The van der Waals surface area contributed by atoms with E-state index < -0.39 is 0 Å². The van der Waals surface area contributed by atoms with Crippen molar-refractivity contribution in [2.75, 3.05) is 68.6 Å². The van der Waals surface area contributed by atoms with Crippen molar-refractivity contribution in [2.24, 2.45) is 0 Å². The van der Waals surface area contributed by atoms with Crippen LogP contribution in [0.2, 0.25) is 0 Å². The van der Waals surface area contributed by atoms with Crippen molar-refractivity contribution in [3.8, 4) is 0 Å². The molecule has 0 aromatic carbocycles. The van der Waals surface area contributed by atoms with E-state index in [1.54, 1.807) is 0 Å². The Labute approximate surface area is 123 Å². The quantitative estimate of drug-likeness (QED) is 0.508. The lowest BCUT2D eigenvalue weighted by Gasteiger charge is -2.26. The van der Waals surface area contributed by atoms with E-state index in [1.165, 1.54) is 0 Å². The minimum atomic E-state index is 0.0517. The molecule has 1 aliphatic carbocycles. The third-order valence-electron chi connectivity index (χ3n) is 2.50. The fraction of sp³-hybridized carbons (Fsp3) is 0.667. The summed E-state index contributed by atoms with van der Waals surface area (Å²) in [6.07, 6.45) is 1.81. The summed E-state index contributed by atoms with van der Waals surface area (Å²) in [6, 6.07) is 0. The first kappa shape index (κ1) is 18.8. The maximum atomic E-state index is 11.3. The zero-order valence-electron chi connectivity index (χ0n) is 13.8. The normalized spacial score (nSPS) is 13.9. The van der Waals surface area contributed by atoms with Gasteiger partial charge in [-0.15, -0.1) is 0 Å². The zero-order valence-corrected chi connectivity index (χ0v) is 13.8. The molecule has 0 spiro atoms. The van der Waals surface area contributed by atoms with Crippen molar-refractivity contribution in [1.82, 2.24) is 14.7 Å². The average molecular weight is 283 g/mol. The van der Waals surface area contributed by atoms with E-state index in [-0.39, 0.29) is 5.78 Å². The molecule has 0 unspecified atom stereocenters. The Morgan fingerprint density at radius 3 is 1.95 bits per heavy atom. The topological polar surface area (TPSA) is 36.0 Å². The van der Waals surface area contributed by atoms with E-state index in [2.05, 4.69) is 11.5 Å². The van der Waals surface area contributed by atoms with Crippen LogP contribution < -0.4 is 0 Å². The molecule has 0 atom stereocenters. The Kier molecular flexibility index (Phi) is 9.12. The molecular weight excluding hydrogens is 254 g/mol. The highest BCUT2D eigenvalue weighted by atomic mass is 16.5. The summed E-state index contributed by atoms with van der Waals surface area (Å²) in [5.41, 5.74) is 1.33. The smallest absolute Gasteiger partial charge is 0.208 e. The van der Waals surface area contributed by atoms with Crippen molar-refractivity contribution in [3.05, 3.63) is 23.9 Å². The molecule has 0 radical (unpaired) electrons. The molecule has 116 valence electrons. The average Bonchev–Trinajstić information content (AvgIpc) is 2.33. The summed E-state index contributed by atoms with van der Waals surface area (Å²) >= 11 is 0. The summed E-state index contributed by atoms with van der Waals surface area (Å²) in [7, 11) is 11.9. The van der Waals surface area contributed by atoms with Gasteiger partial charge in [0.15, 0.2) is 0 Å². The summed E-state index contributed by atoms with van der Waals surface area (Å²) in [5, 5.41) is 0. The van der Waals surface area contributed by atoms with E-state index >= 15 is 0 Å². The molecule has 0 aromatic heterocycles. The van der Waals surface area contributed by atoms with Gasteiger partial charge in [-0.25, -0.2) is 0 Å². The molecule has 0 aliphatic heterocycles. The number of rotatable bonds is 7. The SMILES string of the molecule is C=C1C=C(N(C)CCOCCN(C)C)C1=O.CN(C)C. The first-order valence-electron chi connectivity index (χ1n) is 6.75. The van der Waals surface area contributed by atoms with Gasteiger partial charge in [-0.2, -0.15) is 0 Å². The van der Waals surface area contributed by atoms with Gasteiger partial charge in [0.25, 0.3) is 0 Å². The van der Waals surface area contributed by atoms with Crippen molar-refractivity contribution in [2.45, 2.75) is 0 Å². The Hall–Kier alpha value is -1.17. The highest BCUT2D eigenvalue weighted by Crippen LogP contribution is 2.20. The Morgan fingerprint density at radius 1 is 1.05 bits per heavy atom. The summed E-state index contributed by atoms with van der Waals surface area (Å²) < 4.78 is 5.45. The molecule has 5 nitrogen and oxygen atoms in total. The van der Waals surface area contributed by atoms with Gasteiger partial charge in [0.1, 0.15) is 0 Å². The Balaban J connectivity index is 0.000000796. The number of nitrogens with zero attached hydrogens (tertiary/aromatic N) is 3. The van der Waals surface area contributed by atoms with Crippen molar-refractivity contribution in [3.63, 3.8) is 0 Å². The molecule has 0 saturated carbocycles. The van der Waals surface area contributed by atoms with E-state index in [4.69, 9.17) is 4.74 Å². The largest absolute Gasteiger partial charge is 0.378 e. The molecule has 20 heavy (non-hydrogen) atoms. The number of carbonyl (C=O) groups excluding carboxylic acids is 1. The first-order chi connectivity index (χ1) is 9.25. The van der Waals surface area contributed by atoms with Crippen molar-refractivity contribution < 1.29 is 9.53 Å². The first-order valence-corrected chi connectivity index (χ1v) is 6.75. The lowest BCUT2D eigenvalue weighted by atomic mass is 9.97. The van der Waals surface area contributed by atoms with Gasteiger partial charge in [-0.1, -0.05) is 6.58 Å². The van der Waals surface area contributed by atoms with E-state index in [9.17, 15) is 4.79 Å². The maximum absolute atomic E-state index is 11.3. The third kappa shape index (κ3) is 8.09. The molecule has 0 aromatic rings. The zero-order chi connectivity index (χ0) is 15.7. The van der Waals surface area contributed by atoms with E-state index in [1.807, 2.05) is 58.2 Å². The molecule has 0 saturated heterocycles. The fourth-order valence-corrected chi connectivity index (χ4v) is 1.34. The van der Waals surface area contributed by atoms with Crippen LogP contribution in [0.1, 0.15) is 0 Å². The molecule has 0 heterocycles. The Morgan fingerprint density at radius 2 is 1.55 bits per heavy atom. The van der Waals surface area contributed by atoms with Crippen LogP contribution in [-0.4, -0.2) is 89.1 Å². The number of hydrogen-bond acceptors (Lipinski definition) is 5. The molecule has 5 heteroatoms. The number of ketones is 1. The molecular formula is C15H29N3O2. The van der Waals surface area contributed by atoms with Gasteiger partial charge in [0, 0.05) is 25.7 Å². The Bertz CT molecular complexity index is 346. The number of likely N-dealkylation sites (N-methyl/N-ethyl adjacent to an activating group) is 2. The lowest BCUT2D eigenvalue weighted by molar-refractivity contribution is -0.114. The van der Waals surface area contributed by atoms with Gasteiger partial charge in [0.05, 0.1) is 18.9 Å². The maximum Gasteiger partial charge on any atom is 0.208 e. The van der Waals surface area contributed by atoms with Crippen LogP contribution in [0, 0.1) is 0 Å². The molecule has 0 amide bonds. The van der Waals surface area contributed by atoms with Crippen molar-refractivity contribution >= 4 is 5.78 Å². The second-order valence-electron chi connectivity index (χ2n) is 5.56. The second kappa shape index (κ2) is 9.69. The summed E-state index contributed by atoms with van der Waals surface area (Å²) in [5.74, 6) is 0.0517. The van der Waals surface area contributed by atoms with Crippen LogP contribution in [0.3, 0.4) is 0 Å². The molecule has 0 bridgehead atoms. The van der Waals surface area contributed by atoms with Gasteiger partial charge >= 0.3 is 0 Å². The number of Topliss-reactive ketones (excluding diaryl/α,β-unsaturated/α-hetero) is 1. The van der Waals surface area contributed by atoms with Crippen LogP contribution in [0.25, 0.3) is 0 Å². The number of allylic oxidation sites excluding steroid dienone is 2. The highest BCUT2D eigenvalue weighted by Gasteiger charge is 2.24. The lowest BCUT2D eigenvalue weighted by Crippen LogP contribution is -2.32. The van der Waals surface area contributed by atoms with Gasteiger partial charge in [0.2, 0.25) is 5.78 Å². The van der Waals surface area contributed by atoms with E-state index in [0.717, 1.165) is 25.4 Å². The van der Waals surface area contributed by atoms with E-state index in [0.29, 0.717) is 12.2 Å². The monoisotopic (exact) mass is 283 g/mol. The highest BCUT2D eigenvalue weighted by molar-refractivity contribution is 6.16. The predicted octanol–water partition coefficient (Wildman–Crippen LogP) is 0.697. The fourth-order valence-electron chi connectivity index (χ4n) is 1.34. The van der Waals surface area contributed by atoms with Gasteiger partial charge < -0.3 is 19.4 Å². The minimum absolute atomic E-state index is 0.0517. The molecule has 1 aliphatic rings. The second-order valence-corrected chi connectivity index (χ2v) is 5.56. The van der Waals surface area contributed by atoms with Gasteiger partial charge in [-0.3, -0.25) is 4.79 Å². The minimum Gasteiger partial charge on any atom is -0.378 e. The molecule has 0 fully saturated rings. The van der Waals surface area contributed by atoms with Crippen LogP contribution >= 0.6 is 0 Å². The van der Waals surface area contributed by atoms with Crippen LogP contribution in [-0.2, 0) is 9.53 Å². The van der Waals surface area contributed by atoms with Crippen molar-refractivity contribution in [1.29, 1.82) is 0 Å². The summed E-state index contributed by atoms with van der Waals surface area (Å²) in [6.45, 7) is 6.63. The standard InChI is InChI=1S/C12H20N2O2.C3H9N/c1-10-9-11(12(10)15)14(4)6-8-16-7-5-13(2)3;1-4(2)3/h9H,1,5-8H2,2-4H3;1-3H3. The number of hydrogen-bond donors (Lipinski definition) is 0.